The number of hydrogen-bond acceptors (Lipinski definition) is 5. The molecule has 1 amide bonds. The molecule has 0 radical (unpaired) electrons. The molecule has 6 heteroatoms. The highest BCUT2D eigenvalue weighted by atomic mass is 32.1. The maximum atomic E-state index is 12.1. The molecule has 2 aromatic rings. The van der Waals surface area contributed by atoms with E-state index in [0.29, 0.717) is 16.8 Å². The zero-order chi connectivity index (χ0) is 14.8. The molecule has 0 spiro atoms. The van der Waals surface area contributed by atoms with E-state index in [1.165, 1.54) is 24.2 Å². The molecule has 1 aromatic heterocycles. The molecule has 1 heterocycles. The van der Waals surface area contributed by atoms with Crippen molar-refractivity contribution in [2.24, 2.45) is 0 Å². The van der Waals surface area contributed by atoms with E-state index in [1.807, 2.05) is 31.2 Å². The number of ether oxygens (including phenoxy) is 1. The van der Waals surface area contributed by atoms with Crippen LogP contribution in [0.3, 0.4) is 0 Å². The number of amides is 1. The molecule has 0 aliphatic heterocycles. The quantitative estimate of drug-likeness (QED) is 0.921. The van der Waals surface area contributed by atoms with E-state index in [9.17, 15) is 4.79 Å². The fourth-order valence-electron chi connectivity index (χ4n) is 1.93. The maximum Gasteiger partial charge on any atom is 0.266 e. The molecule has 0 bridgehead atoms. The Morgan fingerprint density at radius 3 is 2.95 bits per heavy atom. The molecule has 1 atom stereocenters. The Hall–Kier alpha value is -1.95. The first-order valence-corrected chi connectivity index (χ1v) is 7.81. The standard InChI is InChI=1S/C15H17N3O2S/c1-9-4-3-5-12(8-9)20-10(2)13(19)16-15-18-17-14(21-15)11-6-7-11/h3-5,8,10-11H,6-7H2,1-2H3,(H,16,18,19)/t10-/m0/s1. The molecule has 5 nitrogen and oxygen atoms in total. The molecule has 1 N–H and O–H groups in total. The summed E-state index contributed by atoms with van der Waals surface area (Å²) in [7, 11) is 0. The van der Waals surface area contributed by atoms with Crippen molar-refractivity contribution in [1.82, 2.24) is 10.2 Å². The number of hydrogen-bond donors (Lipinski definition) is 1. The van der Waals surface area contributed by atoms with Crippen LogP contribution in [0, 0.1) is 6.92 Å². The van der Waals surface area contributed by atoms with Crippen molar-refractivity contribution in [3.8, 4) is 5.75 Å². The van der Waals surface area contributed by atoms with Crippen molar-refractivity contribution in [3.05, 3.63) is 34.8 Å². The van der Waals surface area contributed by atoms with Crippen molar-refractivity contribution in [2.45, 2.75) is 38.7 Å². The number of nitrogens with one attached hydrogen (secondary N) is 1. The van der Waals surface area contributed by atoms with Crippen molar-refractivity contribution in [3.63, 3.8) is 0 Å². The zero-order valence-electron chi connectivity index (χ0n) is 12.0. The Bertz CT molecular complexity index is 652. The first kappa shape index (κ1) is 14.0. The Labute approximate surface area is 127 Å². The van der Waals surface area contributed by atoms with Gasteiger partial charge in [0, 0.05) is 5.92 Å². The SMILES string of the molecule is Cc1cccc(O[C@@H](C)C(=O)Nc2nnc(C3CC3)s2)c1. The van der Waals surface area contributed by atoms with Crippen LogP contribution in [0.4, 0.5) is 5.13 Å². The smallest absolute Gasteiger partial charge is 0.266 e. The van der Waals surface area contributed by atoms with E-state index in [4.69, 9.17) is 4.74 Å². The second-order valence-corrected chi connectivity index (χ2v) is 6.29. The van der Waals surface area contributed by atoms with E-state index in [2.05, 4.69) is 15.5 Å². The van der Waals surface area contributed by atoms with Gasteiger partial charge in [0.15, 0.2) is 6.10 Å². The number of aryl methyl sites for hydroxylation is 1. The lowest BCUT2D eigenvalue weighted by molar-refractivity contribution is -0.122. The van der Waals surface area contributed by atoms with Crippen LogP contribution in [0.2, 0.25) is 0 Å². The van der Waals surface area contributed by atoms with E-state index in [1.54, 1.807) is 6.92 Å². The first-order valence-electron chi connectivity index (χ1n) is 6.99. The molecule has 1 aromatic carbocycles. The van der Waals surface area contributed by atoms with E-state index >= 15 is 0 Å². The van der Waals surface area contributed by atoms with Gasteiger partial charge in [-0.1, -0.05) is 23.5 Å². The van der Waals surface area contributed by atoms with Crippen LogP contribution in [0.5, 0.6) is 5.75 Å². The number of nitrogens with zero attached hydrogens (tertiary/aromatic N) is 2. The number of anilines is 1. The molecule has 1 fully saturated rings. The number of benzene rings is 1. The lowest BCUT2D eigenvalue weighted by Crippen LogP contribution is -2.30. The van der Waals surface area contributed by atoms with Gasteiger partial charge in [-0.25, -0.2) is 0 Å². The van der Waals surface area contributed by atoms with Gasteiger partial charge in [-0.05, 0) is 44.4 Å². The van der Waals surface area contributed by atoms with Crippen LogP contribution in [-0.4, -0.2) is 22.2 Å². The summed E-state index contributed by atoms with van der Waals surface area (Å²) >= 11 is 1.45. The Kier molecular flexibility index (Phi) is 3.88. The average Bonchev–Trinajstić information content (AvgIpc) is 3.19. The summed E-state index contributed by atoms with van der Waals surface area (Å²) < 4.78 is 5.64. The maximum absolute atomic E-state index is 12.1. The lowest BCUT2D eigenvalue weighted by Gasteiger charge is -2.13. The largest absolute Gasteiger partial charge is 0.481 e. The summed E-state index contributed by atoms with van der Waals surface area (Å²) in [6.07, 6.45) is 1.77. The molecular weight excluding hydrogens is 286 g/mol. The minimum Gasteiger partial charge on any atom is -0.481 e. The van der Waals surface area contributed by atoms with Gasteiger partial charge in [0.2, 0.25) is 5.13 Å². The number of carbonyl (C=O) groups is 1. The van der Waals surface area contributed by atoms with Gasteiger partial charge in [-0.15, -0.1) is 10.2 Å². The Balaban J connectivity index is 1.58. The monoisotopic (exact) mass is 303 g/mol. The fraction of sp³-hybridized carbons (Fsp3) is 0.400. The highest BCUT2D eigenvalue weighted by molar-refractivity contribution is 7.15. The lowest BCUT2D eigenvalue weighted by atomic mass is 10.2. The van der Waals surface area contributed by atoms with Gasteiger partial charge in [-0.2, -0.15) is 0 Å². The molecule has 21 heavy (non-hydrogen) atoms. The molecule has 1 aliphatic rings. The Morgan fingerprint density at radius 2 is 2.24 bits per heavy atom. The van der Waals surface area contributed by atoms with Gasteiger partial charge in [-0.3, -0.25) is 10.1 Å². The van der Waals surface area contributed by atoms with Gasteiger partial charge >= 0.3 is 0 Å². The van der Waals surface area contributed by atoms with Gasteiger partial charge in [0.1, 0.15) is 10.8 Å². The van der Waals surface area contributed by atoms with E-state index in [0.717, 1.165) is 10.6 Å². The number of rotatable bonds is 5. The third kappa shape index (κ3) is 3.58. The predicted molar refractivity (Wildman–Crippen MR) is 81.8 cm³/mol. The molecule has 0 unspecified atom stereocenters. The number of aromatic nitrogens is 2. The van der Waals surface area contributed by atoms with E-state index in [-0.39, 0.29) is 5.91 Å². The van der Waals surface area contributed by atoms with E-state index < -0.39 is 6.10 Å². The third-order valence-electron chi connectivity index (χ3n) is 3.27. The average molecular weight is 303 g/mol. The first-order chi connectivity index (χ1) is 10.1. The van der Waals surface area contributed by atoms with Gasteiger partial charge in [0.05, 0.1) is 0 Å². The fourth-order valence-corrected chi connectivity index (χ4v) is 2.85. The Morgan fingerprint density at radius 1 is 1.43 bits per heavy atom. The van der Waals surface area contributed by atoms with Crippen molar-refractivity contribution < 1.29 is 9.53 Å². The van der Waals surface area contributed by atoms with Crippen LogP contribution in [0.15, 0.2) is 24.3 Å². The van der Waals surface area contributed by atoms with Gasteiger partial charge < -0.3 is 4.74 Å². The highest BCUT2D eigenvalue weighted by Crippen LogP contribution is 2.42. The summed E-state index contributed by atoms with van der Waals surface area (Å²) in [5, 5.41) is 12.4. The van der Waals surface area contributed by atoms with Crippen molar-refractivity contribution >= 4 is 22.4 Å². The minimum absolute atomic E-state index is 0.213. The minimum atomic E-state index is -0.583. The summed E-state index contributed by atoms with van der Waals surface area (Å²) in [5.74, 6) is 1.03. The molecule has 1 saturated carbocycles. The molecule has 1 aliphatic carbocycles. The second kappa shape index (κ2) is 5.81. The van der Waals surface area contributed by atoms with Gasteiger partial charge in [0.25, 0.3) is 5.91 Å². The topological polar surface area (TPSA) is 64.1 Å². The van der Waals surface area contributed by atoms with Crippen LogP contribution < -0.4 is 10.1 Å². The van der Waals surface area contributed by atoms with Crippen molar-refractivity contribution in [2.75, 3.05) is 5.32 Å². The summed E-state index contributed by atoms with van der Waals surface area (Å²) in [6.45, 7) is 3.71. The second-order valence-electron chi connectivity index (χ2n) is 5.29. The summed E-state index contributed by atoms with van der Waals surface area (Å²) in [4.78, 5) is 12.1. The van der Waals surface area contributed by atoms with Crippen LogP contribution >= 0.6 is 11.3 Å². The van der Waals surface area contributed by atoms with Crippen LogP contribution in [0.25, 0.3) is 0 Å². The number of carbonyl (C=O) groups excluding carboxylic acids is 1. The van der Waals surface area contributed by atoms with Crippen LogP contribution in [-0.2, 0) is 4.79 Å². The normalized spacial score (nSPS) is 15.5. The summed E-state index contributed by atoms with van der Waals surface area (Å²) in [5.41, 5.74) is 1.10. The van der Waals surface area contributed by atoms with Crippen molar-refractivity contribution in [1.29, 1.82) is 0 Å². The van der Waals surface area contributed by atoms with Crippen LogP contribution in [0.1, 0.15) is 36.3 Å². The molecular formula is C15H17N3O2S. The predicted octanol–water partition coefficient (Wildman–Crippen LogP) is 3.13. The zero-order valence-corrected chi connectivity index (χ0v) is 12.8. The molecule has 0 saturated heterocycles. The molecule has 110 valence electrons. The third-order valence-corrected chi connectivity index (χ3v) is 4.27. The highest BCUT2D eigenvalue weighted by Gasteiger charge is 2.28. The molecule has 3 rings (SSSR count). The summed E-state index contributed by atoms with van der Waals surface area (Å²) in [6, 6.07) is 7.63.